The van der Waals surface area contributed by atoms with Crippen LogP contribution in [0, 0.1) is 11.8 Å². The summed E-state index contributed by atoms with van der Waals surface area (Å²) < 4.78 is 5.42. The summed E-state index contributed by atoms with van der Waals surface area (Å²) in [5, 5.41) is 0. The van der Waals surface area contributed by atoms with Crippen LogP contribution < -0.4 is 4.74 Å². The zero-order chi connectivity index (χ0) is 30.4. The first-order valence-corrected chi connectivity index (χ1v) is 14.8. The van der Waals surface area contributed by atoms with E-state index in [0.29, 0.717) is 11.1 Å². The van der Waals surface area contributed by atoms with Crippen molar-refractivity contribution in [2.45, 2.75) is 80.7 Å². The number of nitrogens with zero attached hydrogens (tertiary/aromatic N) is 2. The van der Waals surface area contributed by atoms with Crippen LogP contribution >= 0.6 is 0 Å². The third-order valence-electron chi connectivity index (χ3n) is 5.70. The van der Waals surface area contributed by atoms with E-state index in [-0.39, 0.29) is 17.9 Å². The van der Waals surface area contributed by atoms with Crippen molar-refractivity contribution in [3.05, 3.63) is 101 Å². The van der Waals surface area contributed by atoms with E-state index in [1.165, 1.54) is 22.4 Å². The number of imide groups is 1. The Kier molecular flexibility index (Phi) is 14.0. The van der Waals surface area contributed by atoms with Gasteiger partial charge in [0.05, 0.1) is 23.4 Å². The Balaban J connectivity index is 0.000000194. The lowest BCUT2D eigenvalue weighted by Gasteiger charge is -2.17. The standard InChI is InChI=1S/C11H11NO2.C9H10O.C8H7N.2C4H10/c1-7(2)12-10(13)8-5-3-4-6-9(8)11(12)14;1-2-6-9-8(4-1)5-3-7-10-9;1-3-7-4-2-6-9-8(7)5-1;2*1-4(2)3/h3-7H,1-2H3;1-2,4,6H,3,5,7H2;1-2,4-6H,3H2;2*4H,1-3H3. The first-order chi connectivity index (χ1) is 19.5. The van der Waals surface area contributed by atoms with Gasteiger partial charge >= 0.3 is 0 Å². The van der Waals surface area contributed by atoms with Crippen molar-refractivity contribution in [1.82, 2.24) is 9.88 Å². The third kappa shape index (κ3) is 11.0. The van der Waals surface area contributed by atoms with Gasteiger partial charge in [0.15, 0.2) is 0 Å². The van der Waals surface area contributed by atoms with E-state index in [4.69, 9.17) is 4.74 Å². The van der Waals surface area contributed by atoms with Gasteiger partial charge in [0.25, 0.3) is 11.8 Å². The van der Waals surface area contributed by atoms with E-state index in [1.54, 1.807) is 24.3 Å². The van der Waals surface area contributed by atoms with Gasteiger partial charge in [-0.1, -0.05) is 84.0 Å². The van der Waals surface area contributed by atoms with E-state index < -0.39 is 0 Å². The molecule has 0 saturated carbocycles. The minimum Gasteiger partial charge on any atom is -0.493 e. The smallest absolute Gasteiger partial charge is 0.261 e. The largest absolute Gasteiger partial charge is 0.493 e. The summed E-state index contributed by atoms with van der Waals surface area (Å²) in [6.07, 6.45) is 9.43. The fourth-order valence-corrected chi connectivity index (χ4v) is 4.04. The van der Waals surface area contributed by atoms with Gasteiger partial charge in [0.2, 0.25) is 0 Å². The van der Waals surface area contributed by atoms with Crippen LogP contribution in [-0.2, 0) is 12.8 Å². The molecule has 3 aromatic rings. The molecule has 0 unspecified atom stereocenters. The predicted octanol–water partition coefficient (Wildman–Crippen LogP) is 8.68. The first-order valence-electron chi connectivity index (χ1n) is 14.8. The number of rotatable bonds is 1. The number of pyridine rings is 1. The maximum atomic E-state index is 11.8. The number of aromatic nitrogens is 1. The van der Waals surface area contributed by atoms with Crippen molar-refractivity contribution in [2.24, 2.45) is 11.8 Å². The molecule has 3 aliphatic rings. The summed E-state index contributed by atoms with van der Waals surface area (Å²) in [4.78, 5) is 29.0. The maximum Gasteiger partial charge on any atom is 0.261 e. The average Bonchev–Trinajstić information content (AvgIpc) is 3.51. The molecule has 0 fully saturated rings. The first kappa shape index (κ1) is 33.5. The molecule has 0 radical (unpaired) electrons. The monoisotopic (exact) mass is 556 g/mol. The molecule has 0 spiro atoms. The number of carbonyl (C=O) groups is 2. The molecule has 41 heavy (non-hydrogen) atoms. The van der Waals surface area contributed by atoms with Crippen LogP contribution in [0.4, 0.5) is 0 Å². The second-order valence-corrected chi connectivity index (χ2v) is 11.8. The van der Waals surface area contributed by atoms with Gasteiger partial charge < -0.3 is 4.74 Å². The molecule has 2 aliphatic heterocycles. The molecule has 0 bridgehead atoms. The van der Waals surface area contributed by atoms with Gasteiger partial charge in [-0.2, -0.15) is 0 Å². The van der Waals surface area contributed by atoms with Gasteiger partial charge in [-0.25, -0.2) is 0 Å². The van der Waals surface area contributed by atoms with Gasteiger partial charge in [-0.05, 0) is 86.4 Å². The Hall–Kier alpha value is -3.73. The predicted molar refractivity (Wildman–Crippen MR) is 170 cm³/mol. The van der Waals surface area contributed by atoms with Crippen LogP contribution in [0.5, 0.6) is 5.75 Å². The molecule has 0 saturated heterocycles. The molecule has 0 atom stereocenters. The van der Waals surface area contributed by atoms with Crippen LogP contribution in [0.2, 0.25) is 0 Å². The maximum absolute atomic E-state index is 11.8. The fraction of sp³-hybridized carbons (Fsp3) is 0.417. The second-order valence-electron chi connectivity index (χ2n) is 11.8. The number of hydrogen-bond acceptors (Lipinski definition) is 4. The van der Waals surface area contributed by atoms with Crippen molar-refractivity contribution in [2.75, 3.05) is 6.61 Å². The highest BCUT2D eigenvalue weighted by atomic mass is 16.5. The topological polar surface area (TPSA) is 59.5 Å². The number of carbonyl (C=O) groups excluding carboxylic acids is 2. The lowest BCUT2D eigenvalue weighted by atomic mass is 10.1. The highest BCUT2D eigenvalue weighted by molar-refractivity contribution is 6.21. The van der Waals surface area contributed by atoms with E-state index in [9.17, 15) is 9.59 Å². The number of aryl methyl sites for hydroxylation is 1. The van der Waals surface area contributed by atoms with Crippen LogP contribution in [0.3, 0.4) is 0 Å². The third-order valence-corrected chi connectivity index (χ3v) is 5.70. The van der Waals surface area contributed by atoms with E-state index in [1.807, 2.05) is 38.2 Å². The van der Waals surface area contributed by atoms with Crippen LogP contribution in [0.15, 0.2) is 72.9 Å². The van der Waals surface area contributed by atoms with Gasteiger partial charge in [0.1, 0.15) is 5.75 Å². The SMILES string of the molecule is C1=Cc2ncccc2C1.CC(C)C.CC(C)C.CC(C)N1C(=O)c2ccccc2C1=O.c1ccc2c(c1)CCCO2. The summed E-state index contributed by atoms with van der Waals surface area (Å²) in [5.74, 6) is 2.38. The number of hydrogen-bond donors (Lipinski definition) is 0. The van der Waals surface area contributed by atoms with Gasteiger partial charge in [-0.3, -0.25) is 19.5 Å². The van der Waals surface area contributed by atoms with Gasteiger partial charge in [0, 0.05) is 12.2 Å². The van der Waals surface area contributed by atoms with E-state index >= 15 is 0 Å². The van der Waals surface area contributed by atoms with E-state index in [0.717, 1.165) is 42.7 Å². The van der Waals surface area contributed by atoms with Crippen molar-refractivity contribution in [1.29, 1.82) is 0 Å². The highest BCUT2D eigenvalue weighted by Gasteiger charge is 2.36. The molecule has 5 nitrogen and oxygen atoms in total. The highest BCUT2D eigenvalue weighted by Crippen LogP contribution is 2.24. The number of allylic oxidation sites excluding steroid dienone is 1. The summed E-state index contributed by atoms with van der Waals surface area (Å²) in [7, 11) is 0. The lowest BCUT2D eigenvalue weighted by molar-refractivity contribution is 0.0609. The average molecular weight is 557 g/mol. The molecule has 220 valence electrons. The summed E-state index contributed by atoms with van der Waals surface area (Å²) >= 11 is 0. The molecule has 1 aromatic heterocycles. The molecular weight excluding hydrogens is 508 g/mol. The van der Waals surface area contributed by atoms with Crippen LogP contribution in [-0.4, -0.2) is 34.3 Å². The zero-order valence-corrected chi connectivity index (χ0v) is 26.2. The Morgan fingerprint density at radius 1 is 0.732 bits per heavy atom. The van der Waals surface area contributed by atoms with Crippen molar-refractivity contribution in [3.8, 4) is 5.75 Å². The molecule has 2 amide bonds. The Bertz CT molecular complexity index is 1210. The molecular formula is C36H48N2O3. The molecule has 0 N–H and O–H groups in total. The van der Waals surface area contributed by atoms with Crippen molar-refractivity contribution < 1.29 is 14.3 Å². The molecule has 6 rings (SSSR count). The molecule has 2 aromatic carbocycles. The number of benzene rings is 2. The lowest BCUT2D eigenvalue weighted by Crippen LogP contribution is -2.35. The van der Waals surface area contributed by atoms with E-state index in [2.05, 4.69) is 76.9 Å². The molecule has 5 heteroatoms. The number of fused-ring (bicyclic) bond motifs is 3. The number of amides is 2. The summed E-state index contributed by atoms with van der Waals surface area (Å²) in [6, 6.07) is 19.2. The Morgan fingerprint density at radius 3 is 1.80 bits per heavy atom. The molecule has 3 heterocycles. The quantitative estimate of drug-likeness (QED) is 0.281. The van der Waals surface area contributed by atoms with Crippen LogP contribution in [0.25, 0.3) is 6.08 Å². The normalized spacial score (nSPS) is 13.8. The fourth-order valence-electron chi connectivity index (χ4n) is 4.04. The Labute approximate surface area is 247 Å². The number of para-hydroxylation sites is 1. The summed E-state index contributed by atoms with van der Waals surface area (Å²) in [6.45, 7) is 17.6. The minimum atomic E-state index is -0.180. The minimum absolute atomic E-state index is 0.0811. The van der Waals surface area contributed by atoms with Crippen LogP contribution in [0.1, 0.15) is 99.3 Å². The Morgan fingerprint density at radius 2 is 1.27 bits per heavy atom. The van der Waals surface area contributed by atoms with Crippen molar-refractivity contribution in [3.63, 3.8) is 0 Å². The molecule has 1 aliphatic carbocycles. The van der Waals surface area contributed by atoms with Gasteiger partial charge in [-0.15, -0.1) is 0 Å². The second kappa shape index (κ2) is 17.2. The van der Waals surface area contributed by atoms with Crippen molar-refractivity contribution >= 4 is 17.9 Å². The zero-order valence-electron chi connectivity index (χ0n) is 26.2. The summed E-state index contributed by atoms with van der Waals surface area (Å²) in [5.41, 5.74) is 4.88. The number of ether oxygens (including phenoxy) is 1.